The fourth-order valence-corrected chi connectivity index (χ4v) is 5.19. The number of nitriles is 4. The van der Waals surface area contributed by atoms with Crippen LogP contribution in [0.5, 0.6) is 0 Å². The van der Waals surface area contributed by atoms with E-state index in [1.165, 1.54) is 0 Å². The summed E-state index contributed by atoms with van der Waals surface area (Å²) < 4.78 is 0. The highest BCUT2D eigenvalue weighted by atomic mass is 14.8. The van der Waals surface area contributed by atoms with E-state index in [0.717, 1.165) is 5.56 Å². The average Bonchev–Trinajstić information content (AvgIpc) is 2.69. The van der Waals surface area contributed by atoms with Crippen LogP contribution >= 0.6 is 0 Å². The van der Waals surface area contributed by atoms with E-state index in [0.29, 0.717) is 0 Å². The van der Waals surface area contributed by atoms with Crippen molar-refractivity contribution in [2.24, 2.45) is 27.6 Å². The van der Waals surface area contributed by atoms with Gasteiger partial charge in [-0.3, -0.25) is 0 Å². The van der Waals surface area contributed by atoms with Gasteiger partial charge in [-0.1, -0.05) is 44.2 Å². The van der Waals surface area contributed by atoms with E-state index >= 15 is 0 Å². The molecule has 6 unspecified atom stereocenters. The second kappa shape index (κ2) is 5.59. The van der Waals surface area contributed by atoms with Crippen LogP contribution in [0.25, 0.3) is 0 Å². The van der Waals surface area contributed by atoms with Crippen molar-refractivity contribution in [1.82, 2.24) is 0 Å². The van der Waals surface area contributed by atoms with Crippen LogP contribution < -0.4 is 0 Å². The molecule has 4 nitrogen and oxygen atoms in total. The molecule has 0 saturated heterocycles. The summed E-state index contributed by atoms with van der Waals surface area (Å²) in [6, 6.07) is 18.9. The SMILES string of the molecule is CC1C(C)(C#N)C(C)(C#N)C(C)(C#N)C(C)(C#N)C1(C)c1ccccc1. The van der Waals surface area contributed by atoms with Gasteiger partial charge >= 0.3 is 0 Å². The molecule has 1 fully saturated rings. The van der Waals surface area contributed by atoms with Gasteiger partial charge in [0.05, 0.1) is 45.9 Å². The van der Waals surface area contributed by atoms with Crippen LogP contribution in [0.3, 0.4) is 0 Å². The van der Waals surface area contributed by atoms with Crippen molar-refractivity contribution in [1.29, 1.82) is 21.0 Å². The number of benzene rings is 1. The Morgan fingerprint density at radius 2 is 1.15 bits per heavy atom. The molecular formula is C22H24N4. The first kappa shape index (κ1) is 19.5. The van der Waals surface area contributed by atoms with Gasteiger partial charge in [-0.25, -0.2) is 0 Å². The Morgan fingerprint density at radius 1 is 0.692 bits per heavy atom. The van der Waals surface area contributed by atoms with E-state index in [4.69, 9.17) is 0 Å². The minimum atomic E-state index is -1.36. The van der Waals surface area contributed by atoms with Crippen LogP contribution in [0.2, 0.25) is 0 Å². The van der Waals surface area contributed by atoms with Gasteiger partial charge in [0.2, 0.25) is 0 Å². The lowest BCUT2D eigenvalue weighted by atomic mass is 9.30. The summed E-state index contributed by atoms with van der Waals surface area (Å²) in [5, 5.41) is 40.8. The molecule has 1 aromatic carbocycles. The number of nitrogens with zero attached hydrogens (tertiary/aromatic N) is 4. The average molecular weight is 344 g/mol. The quantitative estimate of drug-likeness (QED) is 0.736. The molecule has 0 bridgehead atoms. The van der Waals surface area contributed by atoms with Crippen molar-refractivity contribution in [2.75, 3.05) is 0 Å². The largest absolute Gasteiger partial charge is 0.198 e. The highest BCUT2D eigenvalue weighted by Gasteiger charge is 2.77. The molecule has 2 rings (SSSR count). The molecule has 0 aliphatic heterocycles. The molecule has 0 aromatic heterocycles. The Hall–Kier alpha value is -2.82. The zero-order chi connectivity index (χ0) is 20.0. The van der Waals surface area contributed by atoms with E-state index in [1.54, 1.807) is 27.7 Å². The first-order valence-corrected chi connectivity index (χ1v) is 8.71. The summed E-state index contributed by atoms with van der Waals surface area (Å²) in [5.41, 5.74) is -4.87. The maximum Gasteiger partial charge on any atom is 0.0936 e. The van der Waals surface area contributed by atoms with Gasteiger partial charge in [0.15, 0.2) is 0 Å². The van der Waals surface area contributed by atoms with Crippen molar-refractivity contribution >= 4 is 0 Å². The van der Waals surface area contributed by atoms with Crippen LogP contribution in [-0.2, 0) is 5.41 Å². The Balaban J connectivity index is 3.07. The van der Waals surface area contributed by atoms with Crippen molar-refractivity contribution < 1.29 is 0 Å². The lowest BCUT2D eigenvalue weighted by Crippen LogP contribution is -2.71. The third-order valence-electron chi connectivity index (χ3n) is 8.09. The predicted octanol–water partition coefficient (Wildman–Crippen LogP) is 4.71. The topological polar surface area (TPSA) is 95.2 Å². The van der Waals surface area contributed by atoms with Crippen LogP contribution in [0, 0.1) is 72.9 Å². The molecule has 0 radical (unpaired) electrons. The molecule has 1 aliphatic rings. The second-order valence-corrected chi connectivity index (χ2v) is 8.31. The number of rotatable bonds is 1. The van der Waals surface area contributed by atoms with E-state index in [-0.39, 0.29) is 5.92 Å². The van der Waals surface area contributed by atoms with Crippen molar-refractivity contribution in [2.45, 2.75) is 47.0 Å². The molecule has 26 heavy (non-hydrogen) atoms. The van der Waals surface area contributed by atoms with Crippen molar-refractivity contribution in [3.63, 3.8) is 0 Å². The van der Waals surface area contributed by atoms with E-state index in [9.17, 15) is 21.0 Å². The monoisotopic (exact) mass is 344 g/mol. The molecule has 1 saturated carbocycles. The lowest BCUT2D eigenvalue weighted by Gasteiger charge is -2.67. The van der Waals surface area contributed by atoms with E-state index in [1.807, 2.05) is 44.2 Å². The van der Waals surface area contributed by atoms with Crippen LogP contribution in [0.1, 0.15) is 47.1 Å². The third kappa shape index (κ3) is 1.70. The smallest absolute Gasteiger partial charge is 0.0936 e. The van der Waals surface area contributed by atoms with Gasteiger partial charge in [0.1, 0.15) is 0 Å². The molecule has 1 aliphatic carbocycles. The summed E-state index contributed by atoms with van der Waals surface area (Å²) in [5.74, 6) is -0.335. The maximum absolute atomic E-state index is 10.3. The molecule has 0 amide bonds. The normalized spacial score (nSPS) is 44.8. The lowest BCUT2D eigenvalue weighted by molar-refractivity contribution is -0.149. The van der Waals surface area contributed by atoms with Crippen molar-refractivity contribution in [3.05, 3.63) is 35.9 Å². The summed E-state index contributed by atoms with van der Waals surface area (Å²) in [4.78, 5) is 0. The molecule has 0 N–H and O–H groups in total. The first-order valence-electron chi connectivity index (χ1n) is 8.71. The van der Waals surface area contributed by atoms with Gasteiger partial charge in [-0.15, -0.1) is 0 Å². The third-order valence-corrected chi connectivity index (χ3v) is 8.09. The molecule has 132 valence electrons. The highest BCUT2D eigenvalue weighted by Crippen LogP contribution is 2.73. The highest BCUT2D eigenvalue weighted by molar-refractivity contribution is 5.45. The van der Waals surface area contributed by atoms with Gasteiger partial charge in [-0.05, 0) is 39.2 Å². The second-order valence-electron chi connectivity index (χ2n) is 8.31. The minimum Gasteiger partial charge on any atom is -0.198 e. The fraction of sp³-hybridized carbons (Fsp3) is 0.545. The first-order chi connectivity index (χ1) is 12.0. The van der Waals surface area contributed by atoms with Gasteiger partial charge in [0, 0.05) is 5.41 Å². The van der Waals surface area contributed by atoms with Crippen LogP contribution in [-0.4, -0.2) is 0 Å². The summed E-state index contributed by atoms with van der Waals surface area (Å²) >= 11 is 0. The maximum atomic E-state index is 10.3. The summed E-state index contributed by atoms with van der Waals surface area (Å²) in [6.07, 6.45) is 0. The Labute approximate surface area is 156 Å². The van der Waals surface area contributed by atoms with Gasteiger partial charge < -0.3 is 0 Å². The molecular weight excluding hydrogens is 320 g/mol. The van der Waals surface area contributed by atoms with E-state index in [2.05, 4.69) is 24.3 Å². The molecule has 0 spiro atoms. The standard InChI is InChI=1S/C22H24N4/c1-16-18(2,12-23)19(3,13-24)20(4,14-25)21(5,15-26)22(16,6)17-10-8-7-9-11-17/h7-11,16H,1-6H3. The van der Waals surface area contributed by atoms with Crippen LogP contribution in [0.4, 0.5) is 0 Å². The zero-order valence-electron chi connectivity index (χ0n) is 16.3. The molecule has 4 heteroatoms. The number of hydrogen-bond donors (Lipinski definition) is 0. The Morgan fingerprint density at radius 3 is 1.54 bits per heavy atom. The molecule has 1 aromatic rings. The van der Waals surface area contributed by atoms with Gasteiger partial charge in [-0.2, -0.15) is 21.0 Å². The Kier molecular flexibility index (Phi) is 4.20. The Bertz CT molecular complexity index is 895. The number of hydrogen-bond acceptors (Lipinski definition) is 4. The summed E-state index contributed by atoms with van der Waals surface area (Å²) in [6.45, 7) is 10.7. The van der Waals surface area contributed by atoms with Crippen LogP contribution in [0.15, 0.2) is 30.3 Å². The summed E-state index contributed by atoms with van der Waals surface area (Å²) in [7, 11) is 0. The molecule has 6 atom stereocenters. The fourth-order valence-electron chi connectivity index (χ4n) is 5.19. The van der Waals surface area contributed by atoms with Crippen molar-refractivity contribution in [3.8, 4) is 24.3 Å². The van der Waals surface area contributed by atoms with E-state index < -0.39 is 27.1 Å². The molecule has 0 heterocycles. The zero-order valence-corrected chi connectivity index (χ0v) is 16.3. The van der Waals surface area contributed by atoms with Gasteiger partial charge in [0.25, 0.3) is 0 Å². The minimum absolute atomic E-state index is 0.335. The predicted molar refractivity (Wildman–Crippen MR) is 97.8 cm³/mol.